The summed E-state index contributed by atoms with van der Waals surface area (Å²) >= 11 is 0. The van der Waals surface area contributed by atoms with Gasteiger partial charge in [0.2, 0.25) is 0 Å². The summed E-state index contributed by atoms with van der Waals surface area (Å²) in [5, 5.41) is 6.21. The van der Waals surface area contributed by atoms with Gasteiger partial charge in [-0.05, 0) is 12.8 Å². The van der Waals surface area contributed by atoms with Gasteiger partial charge in [-0.2, -0.15) is 5.10 Å². The highest BCUT2D eigenvalue weighted by atomic mass is 35.7. The fourth-order valence-corrected chi connectivity index (χ4v) is 3.11. The van der Waals surface area contributed by atoms with Crippen molar-refractivity contribution in [2.24, 2.45) is 0 Å². The number of carbonyl (C=O) groups excluding carboxylic acids is 1. The van der Waals surface area contributed by atoms with E-state index in [2.05, 4.69) is 17.1 Å². The van der Waals surface area contributed by atoms with Gasteiger partial charge in [0.25, 0.3) is 9.05 Å². The first-order chi connectivity index (χ1) is 9.41. The summed E-state index contributed by atoms with van der Waals surface area (Å²) in [7, 11) is 1.30. The van der Waals surface area contributed by atoms with E-state index in [1.807, 2.05) is 0 Å². The van der Waals surface area contributed by atoms with Crippen molar-refractivity contribution in [3.8, 4) is 0 Å². The van der Waals surface area contributed by atoms with E-state index in [-0.39, 0.29) is 17.2 Å². The number of H-pyrrole nitrogens is 1. The lowest BCUT2D eigenvalue weighted by Gasteiger charge is -2.04. The summed E-state index contributed by atoms with van der Waals surface area (Å²) in [6, 6.07) is 0. The zero-order valence-corrected chi connectivity index (χ0v) is 13.2. The van der Waals surface area contributed by atoms with Gasteiger partial charge in [0.15, 0.2) is 5.69 Å². The number of ether oxygens (including phenoxy) is 1. The molecule has 114 valence electrons. The normalized spacial score (nSPS) is 11.6. The lowest BCUT2D eigenvalue weighted by atomic mass is 10.2. The third-order valence-corrected chi connectivity index (χ3v) is 4.20. The Morgan fingerprint density at radius 2 is 2.00 bits per heavy atom. The minimum absolute atomic E-state index is 0.245. The lowest BCUT2D eigenvalue weighted by Crippen LogP contribution is -2.11. The van der Waals surface area contributed by atoms with Crippen molar-refractivity contribution in [1.82, 2.24) is 10.2 Å². The zero-order chi connectivity index (χ0) is 15.2. The Labute approximate surface area is 123 Å². The molecule has 0 atom stereocenters. The summed E-state index contributed by atoms with van der Waals surface area (Å²) < 4.78 is 28.0. The predicted molar refractivity (Wildman–Crippen MR) is 75.4 cm³/mol. The molecule has 1 N–H and O–H groups in total. The second kappa shape index (κ2) is 7.64. The number of hydrogen-bond acceptors (Lipinski definition) is 5. The van der Waals surface area contributed by atoms with Crippen molar-refractivity contribution in [3.05, 3.63) is 11.4 Å². The van der Waals surface area contributed by atoms with Crippen LogP contribution in [0.4, 0.5) is 0 Å². The fraction of sp³-hybridized carbons (Fsp3) is 0.667. The van der Waals surface area contributed by atoms with E-state index < -0.39 is 15.0 Å². The van der Waals surface area contributed by atoms with Crippen molar-refractivity contribution in [2.45, 2.75) is 50.8 Å². The van der Waals surface area contributed by atoms with E-state index in [9.17, 15) is 13.2 Å². The molecule has 0 radical (unpaired) electrons. The number of nitrogens with zero attached hydrogens (tertiary/aromatic N) is 1. The zero-order valence-electron chi connectivity index (χ0n) is 11.6. The van der Waals surface area contributed by atoms with Gasteiger partial charge in [-0.1, -0.05) is 33.1 Å². The summed E-state index contributed by atoms with van der Waals surface area (Å²) in [4.78, 5) is 11.6. The first kappa shape index (κ1) is 17.0. The van der Waals surface area contributed by atoms with Crippen LogP contribution in [0.2, 0.25) is 0 Å². The number of unbranched alkanes of at least 4 members (excludes halogenated alkanes) is 3. The lowest BCUT2D eigenvalue weighted by molar-refractivity contribution is 0.0486. The molecule has 0 bridgehead atoms. The average Bonchev–Trinajstić information content (AvgIpc) is 2.82. The quantitative estimate of drug-likeness (QED) is 0.451. The number of aromatic amines is 1. The number of carbonyl (C=O) groups is 1. The standard InChI is InChI=1S/C12H19ClN2O4S/c1-3-5-6-7-8-19-12(16)10-11(20(13,17)18)9(4-2)14-15-10/h3-8H2,1-2H3,(H,14,15). The maximum Gasteiger partial charge on any atom is 0.360 e. The number of aromatic nitrogens is 2. The number of hydrogen-bond donors (Lipinski definition) is 1. The van der Waals surface area contributed by atoms with Crippen LogP contribution in [0.5, 0.6) is 0 Å². The van der Waals surface area contributed by atoms with Crippen LogP contribution in [0.3, 0.4) is 0 Å². The number of halogens is 1. The summed E-state index contributed by atoms with van der Waals surface area (Å²) in [6.07, 6.45) is 4.24. The molecule has 0 spiro atoms. The van der Waals surface area contributed by atoms with E-state index in [0.29, 0.717) is 12.1 Å². The van der Waals surface area contributed by atoms with Crippen molar-refractivity contribution < 1.29 is 17.9 Å². The van der Waals surface area contributed by atoms with Crippen LogP contribution in [0.25, 0.3) is 0 Å². The number of esters is 1. The monoisotopic (exact) mass is 322 g/mol. The minimum atomic E-state index is -4.04. The van der Waals surface area contributed by atoms with Gasteiger partial charge >= 0.3 is 5.97 Å². The van der Waals surface area contributed by atoms with Crippen LogP contribution < -0.4 is 0 Å². The van der Waals surface area contributed by atoms with Gasteiger partial charge in [0, 0.05) is 10.7 Å². The number of aryl methyl sites for hydroxylation is 1. The molecule has 6 nitrogen and oxygen atoms in total. The molecule has 0 saturated heterocycles. The highest BCUT2D eigenvalue weighted by Gasteiger charge is 2.28. The smallest absolute Gasteiger partial charge is 0.360 e. The molecule has 1 aromatic rings. The molecular formula is C12H19ClN2O4S. The molecule has 0 aliphatic rings. The van der Waals surface area contributed by atoms with Gasteiger partial charge in [-0.15, -0.1) is 0 Å². The van der Waals surface area contributed by atoms with Crippen LogP contribution in [-0.2, 0) is 20.2 Å². The Kier molecular flexibility index (Phi) is 6.48. The Balaban J connectivity index is 2.76. The summed E-state index contributed by atoms with van der Waals surface area (Å²) in [6.45, 7) is 4.06. The Bertz CT molecular complexity index is 554. The van der Waals surface area contributed by atoms with E-state index in [0.717, 1.165) is 25.7 Å². The molecule has 1 rings (SSSR count). The molecule has 1 heterocycles. The average molecular weight is 323 g/mol. The van der Waals surface area contributed by atoms with Crippen molar-refractivity contribution in [2.75, 3.05) is 6.61 Å². The molecule has 0 fully saturated rings. The summed E-state index contributed by atoms with van der Waals surface area (Å²) in [5.74, 6) is -0.767. The Hall–Kier alpha value is -1.08. The second-order valence-corrected chi connectivity index (χ2v) is 6.87. The van der Waals surface area contributed by atoms with Crippen LogP contribution in [0.15, 0.2) is 4.90 Å². The molecule has 0 unspecified atom stereocenters. The molecule has 0 saturated carbocycles. The third kappa shape index (κ3) is 4.49. The molecular weight excluding hydrogens is 304 g/mol. The number of nitrogens with one attached hydrogen (secondary N) is 1. The molecule has 1 aromatic heterocycles. The largest absolute Gasteiger partial charge is 0.461 e. The molecule has 0 aliphatic carbocycles. The maximum atomic E-state index is 11.8. The predicted octanol–water partition coefficient (Wildman–Crippen LogP) is 2.64. The van der Waals surface area contributed by atoms with E-state index in [1.54, 1.807) is 6.92 Å². The van der Waals surface area contributed by atoms with Gasteiger partial charge in [0.05, 0.1) is 12.3 Å². The van der Waals surface area contributed by atoms with E-state index >= 15 is 0 Å². The van der Waals surface area contributed by atoms with Crippen LogP contribution in [0, 0.1) is 0 Å². The van der Waals surface area contributed by atoms with E-state index in [4.69, 9.17) is 15.4 Å². The minimum Gasteiger partial charge on any atom is -0.461 e. The SMILES string of the molecule is CCCCCCOC(=O)c1n[nH]c(CC)c1S(=O)(=O)Cl. The van der Waals surface area contributed by atoms with Gasteiger partial charge in [-0.3, -0.25) is 5.10 Å². The molecule has 0 aliphatic heterocycles. The van der Waals surface area contributed by atoms with Crippen LogP contribution >= 0.6 is 10.7 Å². The first-order valence-corrected chi connectivity index (χ1v) is 8.91. The fourth-order valence-electron chi connectivity index (χ4n) is 1.77. The van der Waals surface area contributed by atoms with Crippen molar-refractivity contribution in [1.29, 1.82) is 0 Å². The summed E-state index contributed by atoms with van der Waals surface area (Å²) in [5.41, 5.74) is 0.0327. The number of rotatable bonds is 8. The van der Waals surface area contributed by atoms with Gasteiger partial charge in [-0.25, -0.2) is 13.2 Å². The third-order valence-electron chi connectivity index (χ3n) is 2.81. The topological polar surface area (TPSA) is 89.1 Å². The molecule has 0 amide bonds. The first-order valence-electron chi connectivity index (χ1n) is 6.60. The van der Waals surface area contributed by atoms with Crippen LogP contribution in [-0.4, -0.2) is 31.2 Å². The Morgan fingerprint density at radius 3 is 2.55 bits per heavy atom. The van der Waals surface area contributed by atoms with Gasteiger partial charge < -0.3 is 4.74 Å². The highest BCUT2D eigenvalue weighted by molar-refractivity contribution is 8.13. The van der Waals surface area contributed by atoms with Gasteiger partial charge in [0.1, 0.15) is 4.90 Å². The maximum absolute atomic E-state index is 11.8. The van der Waals surface area contributed by atoms with Crippen molar-refractivity contribution in [3.63, 3.8) is 0 Å². The van der Waals surface area contributed by atoms with Crippen molar-refractivity contribution >= 4 is 25.7 Å². The molecule has 0 aromatic carbocycles. The van der Waals surface area contributed by atoms with Crippen LogP contribution in [0.1, 0.15) is 55.7 Å². The molecule has 20 heavy (non-hydrogen) atoms. The second-order valence-electron chi connectivity index (χ2n) is 4.37. The highest BCUT2D eigenvalue weighted by Crippen LogP contribution is 2.23. The Morgan fingerprint density at radius 1 is 1.30 bits per heavy atom. The van der Waals surface area contributed by atoms with E-state index in [1.165, 1.54) is 0 Å². The molecule has 8 heteroatoms.